The predicted molar refractivity (Wildman–Crippen MR) is 85.1 cm³/mol. The first-order valence-electron chi connectivity index (χ1n) is 8.56. The average molecular weight is 291 g/mol. The molecular weight excluding hydrogens is 262 g/mol. The Kier molecular flexibility index (Phi) is 5.33. The van der Waals surface area contributed by atoms with Gasteiger partial charge in [0.2, 0.25) is 0 Å². The van der Waals surface area contributed by atoms with Crippen molar-refractivity contribution in [2.75, 3.05) is 39.3 Å². The first-order valence-corrected chi connectivity index (χ1v) is 8.56. The monoisotopic (exact) mass is 291 g/mol. The van der Waals surface area contributed by atoms with Crippen molar-refractivity contribution in [3.63, 3.8) is 0 Å². The molecule has 0 radical (unpaired) electrons. The van der Waals surface area contributed by atoms with Gasteiger partial charge in [0.1, 0.15) is 5.76 Å². The van der Waals surface area contributed by atoms with Gasteiger partial charge in [-0.25, -0.2) is 0 Å². The number of furan rings is 1. The Morgan fingerprint density at radius 1 is 1.19 bits per heavy atom. The molecule has 0 amide bonds. The summed E-state index contributed by atoms with van der Waals surface area (Å²) in [6, 6.07) is 2.11. The third-order valence-corrected chi connectivity index (χ3v) is 4.63. The molecule has 4 heteroatoms. The second-order valence-corrected chi connectivity index (χ2v) is 6.57. The van der Waals surface area contributed by atoms with Gasteiger partial charge in [0.15, 0.2) is 0 Å². The van der Waals surface area contributed by atoms with Crippen LogP contribution in [-0.4, -0.2) is 49.1 Å². The SMILES string of the molecule is CCCNCc1ccoc1CN1CCN(CC2CC2)CC1. The van der Waals surface area contributed by atoms with Crippen LogP contribution in [0.3, 0.4) is 0 Å². The summed E-state index contributed by atoms with van der Waals surface area (Å²) in [5.41, 5.74) is 1.32. The van der Waals surface area contributed by atoms with Gasteiger partial charge in [-0.2, -0.15) is 0 Å². The largest absolute Gasteiger partial charge is 0.468 e. The lowest BCUT2D eigenvalue weighted by molar-refractivity contribution is 0.117. The summed E-state index contributed by atoms with van der Waals surface area (Å²) < 4.78 is 5.70. The summed E-state index contributed by atoms with van der Waals surface area (Å²) in [7, 11) is 0. The third-order valence-electron chi connectivity index (χ3n) is 4.63. The number of hydrogen-bond acceptors (Lipinski definition) is 4. The lowest BCUT2D eigenvalue weighted by atomic mass is 10.2. The van der Waals surface area contributed by atoms with Crippen molar-refractivity contribution in [3.8, 4) is 0 Å². The van der Waals surface area contributed by atoms with Gasteiger partial charge in [0.05, 0.1) is 12.8 Å². The minimum absolute atomic E-state index is 0.932. The first kappa shape index (κ1) is 15.1. The Morgan fingerprint density at radius 3 is 2.67 bits per heavy atom. The molecule has 118 valence electrons. The summed E-state index contributed by atoms with van der Waals surface area (Å²) in [4.78, 5) is 5.17. The molecule has 0 unspecified atom stereocenters. The van der Waals surface area contributed by atoms with Crippen molar-refractivity contribution in [1.29, 1.82) is 0 Å². The van der Waals surface area contributed by atoms with E-state index >= 15 is 0 Å². The van der Waals surface area contributed by atoms with E-state index in [1.54, 1.807) is 0 Å². The minimum atomic E-state index is 0.932. The molecule has 21 heavy (non-hydrogen) atoms. The van der Waals surface area contributed by atoms with Gasteiger partial charge in [-0.15, -0.1) is 0 Å². The smallest absolute Gasteiger partial charge is 0.122 e. The summed E-state index contributed by atoms with van der Waals surface area (Å²) >= 11 is 0. The van der Waals surface area contributed by atoms with Gasteiger partial charge in [-0.3, -0.25) is 4.90 Å². The van der Waals surface area contributed by atoms with Crippen molar-refractivity contribution in [2.45, 2.75) is 39.3 Å². The van der Waals surface area contributed by atoms with E-state index in [1.807, 2.05) is 6.26 Å². The number of nitrogens with zero attached hydrogens (tertiary/aromatic N) is 2. The summed E-state index contributed by atoms with van der Waals surface area (Å²) in [5, 5.41) is 3.46. The second kappa shape index (κ2) is 7.43. The van der Waals surface area contributed by atoms with Crippen LogP contribution in [0.25, 0.3) is 0 Å². The molecule has 2 aliphatic rings. The molecule has 1 aromatic heterocycles. The maximum Gasteiger partial charge on any atom is 0.122 e. The highest BCUT2D eigenvalue weighted by Crippen LogP contribution is 2.30. The molecule has 1 aliphatic heterocycles. The zero-order valence-electron chi connectivity index (χ0n) is 13.3. The first-order chi connectivity index (χ1) is 10.3. The summed E-state index contributed by atoms with van der Waals surface area (Å²) in [6.07, 6.45) is 5.93. The van der Waals surface area contributed by atoms with Gasteiger partial charge in [0.25, 0.3) is 0 Å². The molecule has 0 atom stereocenters. The van der Waals surface area contributed by atoms with E-state index in [1.165, 1.54) is 57.5 Å². The molecule has 0 spiro atoms. The zero-order valence-corrected chi connectivity index (χ0v) is 13.3. The Labute approximate surface area is 128 Å². The van der Waals surface area contributed by atoms with Gasteiger partial charge < -0.3 is 14.6 Å². The molecule has 2 heterocycles. The van der Waals surface area contributed by atoms with E-state index in [-0.39, 0.29) is 0 Å². The van der Waals surface area contributed by atoms with Crippen molar-refractivity contribution in [1.82, 2.24) is 15.1 Å². The molecule has 0 bridgehead atoms. The van der Waals surface area contributed by atoms with Gasteiger partial charge >= 0.3 is 0 Å². The minimum Gasteiger partial charge on any atom is -0.468 e. The normalized spacial score (nSPS) is 21.0. The fourth-order valence-corrected chi connectivity index (χ4v) is 3.06. The van der Waals surface area contributed by atoms with Crippen LogP contribution in [0.5, 0.6) is 0 Å². The average Bonchev–Trinajstić information content (AvgIpc) is 3.21. The van der Waals surface area contributed by atoms with Gasteiger partial charge in [0, 0.05) is 44.8 Å². The van der Waals surface area contributed by atoms with Gasteiger partial charge in [-0.05, 0) is 37.8 Å². The Hall–Kier alpha value is -0.840. The fourth-order valence-electron chi connectivity index (χ4n) is 3.06. The van der Waals surface area contributed by atoms with E-state index in [2.05, 4.69) is 28.1 Å². The molecule has 1 N–H and O–H groups in total. The summed E-state index contributed by atoms with van der Waals surface area (Å²) in [6.45, 7) is 11.3. The van der Waals surface area contributed by atoms with Crippen molar-refractivity contribution < 1.29 is 4.42 Å². The molecule has 1 aliphatic carbocycles. The molecular formula is C17H29N3O. The van der Waals surface area contributed by atoms with Crippen molar-refractivity contribution in [2.24, 2.45) is 5.92 Å². The Morgan fingerprint density at radius 2 is 1.95 bits per heavy atom. The van der Waals surface area contributed by atoms with Crippen LogP contribution in [0.4, 0.5) is 0 Å². The van der Waals surface area contributed by atoms with Crippen LogP contribution in [0.2, 0.25) is 0 Å². The number of piperazine rings is 1. The molecule has 3 rings (SSSR count). The van der Waals surface area contributed by atoms with Crippen LogP contribution < -0.4 is 5.32 Å². The number of hydrogen-bond donors (Lipinski definition) is 1. The van der Waals surface area contributed by atoms with Crippen LogP contribution in [0.15, 0.2) is 16.7 Å². The zero-order chi connectivity index (χ0) is 14.5. The van der Waals surface area contributed by atoms with E-state index in [0.29, 0.717) is 0 Å². The summed E-state index contributed by atoms with van der Waals surface area (Å²) in [5.74, 6) is 2.16. The van der Waals surface area contributed by atoms with Gasteiger partial charge in [-0.1, -0.05) is 6.92 Å². The quantitative estimate of drug-likeness (QED) is 0.745. The molecule has 1 aromatic rings. The lowest BCUT2D eigenvalue weighted by Gasteiger charge is -2.34. The van der Waals surface area contributed by atoms with Crippen molar-refractivity contribution in [3.05, 3.63) is 23.7 Å². The second-order valence-electron chi connectivity index (χ2n) is 6.57. The molecule has 1 saturated carbocycles. The number of rotatable bonds is 8. The molecule has 1 saturated heterocycles. The lowest BCUT2D eigenvalue weighted by Crippen LogP contribution is -2.46. The van der Waals surface area contributed by atoms with E-state index in [0.717, 1.165) is 31.3 Å². The standard InChI is InChI=1S/C17H29N3O/c1-2-6-18-12-16-5-11-21-17(16)14-20-9-7-19(8-10-20)13-15-3-4-15/h5,11,15,18H,2-4,6-10,12-14H2,1H3. The van der Waals surface area contributed by atoms with Crippen LogP contribution in [-0.2, 0) is 13.1 Å². The highest BCUT2D eigenvalue weighted by atomic mass is 16.3. The highest BCUT2D eigenvalue weighted by Gasteiger charge is 2.26. The molecule has 4 nitrogen and oxygen atoms in total. The predicted octanol–water partition coefficient (Wildman–Crippen LogP) is 2.31. The fraction of sp³-hybridized carbons (Fsp3) is 0.765. The molecule has 2 fully saturated rings. The van der Waals surface area contributed by atoms with E-state index < -0.39 is 0 Å². The van der Waals surface area contributed by atoms with Crippen LogP contribution in [0.1, 0.15) is 37.5 Å². The molecule has 0 aromatic carbocycles. The topological polar surface area (TPSA) is 31.7 Å². The highest BCUT2D eigenvalue weighted by molar-refractivity contribution is 5.16. The maximum absolute atomic E-state index is 5.70. The van der Waals surface area contributed by atoms with Crippen molar-refractivity contribution >= 4 is 0 Å². The Bertz CT molecular complexity index is 419. The maximum atomic E-state index is 5.70. The number of nitrogens with one attached hydrogen (secondary N) is 1. The Balaban J connectivity index is 1.43. The van der Waals surface area contributed by atoms with E-state index in [4.69, 9.17) is 4.42 Å². The van der Waals surface area contributed by atoms with Crippen LogP contribution in [0, 0.1) is 5.92 Å². The third kappa shape index (κ3) is 4.56. The van der Waals surface area contributed by atoms with E-state index in [9.17, 15) is 0 Å². The van der Waals surface area contributed by atoms with Crippen LogP contribution >= 0.6 is 0 Å².